The minimum atomic E-state index is -0.534. The van der Waals surface area contributed by atoms with Crippen molar-refractivity contribution in [3.8, 4) is 5.75 Å². The van der Waals surface area contributed by atoms with Gasteiger partial charge in [0.25, 0.3) is 5.91 Å². The predicted octanol–water partition coefficient (Wildman–Crippen LogP) is 4.52. The van der Waals surface area contributed by atoms with Gasteiger partial charge in [-0.2, -0.15) is 0 Å². The fourth-order valence-electron chi connectivity index (χ4n) is 3.38. The summed E-state index contributed by atoms with van der Waals surface area (Å²) in [5.41, 5.74) is 2.04. The van der Waals surface area contributed by atoms with Gasteiger partial charge in [0, 0.05) is 13.1 Å². The van der Waals surface area contributed by atoms with Crippen LogP contribution in [0.4, 0.5) is 0 Å². The summed E-state index contributed by atoms with van der Waals surface area (Å²) in [6.45, 7) is 8.99. The van der Waals surface area contributed by atoms with Crippen molar-refractivity contribution in [2.75, 3.05) is 13.2 Å². The maximum atomic E-state index is 13.2. The Morgan fingerprint density at radius 1 is 1.00 bits per heavy atom. The van der Waals surface area contributed by atoms with E-state index in [1.807, 2.05) is 68.4 Å². The number of hydrogen-bond donors (Lipinski definition) is 1. The molecule has 0 radical (unpaired) electrons. The molecule has 0 aromatic heterocycles. The summed E-state index contributed by atoms with van der Waals surface area (Å²) in [4.78, 5) is 27.6. The fourth-order valence-corrected chi connectivity index (χ4v) is 3.38. The van der Waals surface area contributed by atoms with Gasteiger partial charge in [-0.25, -0.2) is 0 Å². The predicted molar refractivity (Wildman–Crippen MR) is 120 cm³/mol. The lowest BCUT2D eigenvalue weighted by molar-refractivity contribution is -0.143. The lowest BCUT2D eigenvalue weighted by atomic mass is 10.0. The molecule has 1 atom stereocenters. The van der Waals surface area contributed by atoms with Crippen LogP contribution in [0.15, 0.2) is 54.6 Å². The second-order valence-corrected chi connectivity index (χ2v) is 7.70. The number of carbonyl (C=O) groups is 2. The second kappa shape index (κ2) is 12.0. The van der Waals surface area contributed by atoms with E-state index in [9.17, 15) is 9.59 Å². The highest BCUT2D eigenvalue weighted by molar-refractivity contribution is 5.88. The van der Waals surface area contributed by atoms with E-state index in [1.54, 1.807) is 4.90 Å². The number of ether oxygens (including phenoxy) is 1. The van der Waals surface area contributed by atoms with Crippen molar-refractivity contribution in [3.63, 3.8) is 0 Å². The molecule has 0 aliphatic carbocycles. The molecule has 0 bridgehead atoms. The molecule has 0 fully saturated rings. The molecule has 0 aliphatic rings. The molecule has 0 aliphatic heterocycles. The molecule has 1 unspecified atom stereocenters. The van der Waals surface area contributed by atoms with E-state index in [-0.39, 0.29) is 18.4 Å². The maximum Gasteiger partial charge on any atom is 0.261 e. The van der Waals surface area contributed by atoms with Crippen molar-refractivity contribution in [2.45, 2.75) is 59.0 Å². The number of rotatable bonds is 11. The van der Waals surface area contributed by atoms with Crippen molar-refractivity contribution in [1.29, 1.82) is 0 Å². The van der Waals surface area contributed by atoms with Crippen LogP contribution in [-0.2, 0) is 16.1 Å². The van der Waals surface area contributed by atoms with Crippen molar-refractivity contribution >= 4 is 11.8 Å². The van der Waals surface area contributed by atoms with Crippen LogP contribution >= 0.6 is 0 Å². The summed E-state index contributed by atoms with van der Waals surface area (Å²) in [5.74, 6) is 0.686. The summed E-state index contributed by atoms with van der Waals surface area (Å²) >= 11 is 0. The average Bonchev–Trinajstić information content (AvgIpc) is 2.76. The van der Waals surface area contributed by atoms with Crippen LogP contribution in [0.5, 0.6) is 5.75 Å². The smallest absolute Gasteiger partial charge is 0.261 e. The molecule has 5 nitrogen and oxygen atoms in total. The number of benzene rings is 2. The van der Waals surface area contributed by atoms with Crippen molar-refractivity contribution < 1.29 is 14.3 Å². The Kier molecular flexibility index (Phi) is 9.39. The second-order valence-electron chi connectivity index (χ2n) is 7.70. The van der Waals surface area contributed by atoms with Crippen molar-refractivity contribution in [2.24, 2.45) is 0 Å². The lowest BCUT2D eigenvalue weighted by Crippen LogP contribution is -2.50. The van der Waals surface area contributed by atoms with Crippen LogP contribution in [0.1, 0.15) is 57.6 Å². The zero-order valence-corrected chi connectivity index (χ0v) is 18.6. The van der Waals surface area contributed by atoms with E-state index in [4.69, 9.17) is 4.74 Å². The van der Waals surface area contributed by atoms with E-state index in [1.165, 1.54) is 0 Å². The van der Waals surface area contributed by atoms with Gasteiger partial charge < -0.3 is 15.0 Å². The molecule has 2 amide bonds. The highest BCUT2D eigenvalue weighted by Crippen LogP contribution is 2.26. The van der Waals surface area contributed by atoms with E-state index in [0.717, 1.165) is 17.5 Å². The van der Waals surface area contributed by atoms with Crippen molar-refractivity contribution in [3.05, 3.63) is 65.7 Å². The molecular weight excluding hydrogens is 376 g/mol. The van der Waals surface area contributed by atoms with E-state index in [0.29, 0.717) is 31.2 Å². The Morgan fingerprint density at radius 3 is 2.30 bits per heavy atom. The van der Waals surface area contributed by atoms with Gasteiger partial charge in [0.05, 0.1) is 0 Å². The van der Waals surface area contributed by atoms with E-state index >= 15 is 0 Å². The summed E-state index contributed by atoms with van der Waals surface area (Å²) in [5, 5.41) is 2.93. The summed E-state index contributed by atoms with van der Waals surface area (Å²) in [6.07, 6.45) is 1.39. The Labute approximate surface area is 180 Å². The van der Waals surface area contributed by atoms with Crippen LogP contribution < -0.4 is 10.1 Å². The van der Waals surface area contributed by atoms with Gasteiger partial charge in [-0.1, -0.05) is 76.2 Å². The topological polar surface area (TPSA) is 58.6 Å². The number of carbonyl (C=O) groups excluding carboxylic acids is 2. The molecule has 2 rings (SSSR count). The molecule has 1 N–H and O–H groups in total. The highest BCUT2D eigenvalue weighted by atomic mass is 16.5. The third-order valence-corrected chi connectivity index (χ3v) is 5.02. The highest BCUT2D eigenvalue weighted by Gasteiger charge is 2.28. The van der Waals surface area contributed by atoms with Crippen molar-refractivity contribution in [1.82, 2.24) is 10.2 Å². The summed E-state index contributed by atoms with van der Waals surface area (Å²) < 4.78 is 5.91. The van der Waals surface area contributed by atoms with E-state index in [2.05, 4.69) is 19.2 Å². The molecular formula is C25H34N2O3. The van der Waals surface area contributed by atoms with Gasteiger partial charge in [0.15, 0.2) is 6.61 Å². The van der Waals surface area contributed by atoms with Crippen LogP contribution in [0.2, 0.25) is 0 Å². The third kappa shape index (κ3) is 6.61. The molecule has 5 heteroatoms. The van der Waals surface area contributed by atoms with Gasteiger partial charge in [-0.05, 0) is 36.0 Å². The molecule has 0 saturated heterocycles. The first-order chi connectivity index (χ1) is 14.5. The van der Waals surface area contributed by atoms with Crippen LogP contribution in [0.25, 0.3) is 0 Å². The first-order valence-electron chi connectivity index (χ1n) is 10.8. The van der Waals surface area contributed by atoms with Gasteiger partial charge in [-0.3, -0.25) is 9.59 Å². The Morgan fingerprint density at radius 2 is 1.67 bits per heavy atom. The monoisotopic (exact) mass is 410 g/mol. The first kappa shape index (κ1) is 23.5. The molecule has 0 spiro atoms. The minimum absolute atomic E-state index is 0.103. The average molecular weight is 411 g/mol. The molecule has 0 saturated carbocycles. The standard InChI is InChI=1S/C25H34N2O3/c1-5-16-26-25(29)22(6-2)27(17-20-12-8-7-9-13-20)24(28)18-30-23-15-11-10-14-21(23)19(3)4/h7-15,19,22H,5-6,16-18H2,1-4H3,(H,26,29). The molecule has 30 heavy (non-hydrogen) atoms. The number of hydrogen-bond acceptors (Lipinski definition) is 3. The zero-order chi connectivity index (χ0) is 21.9. The molecule has 2 aromatic rings. The van der Waals surface area contributed by atoms with E-state index < -0.39 is 6.04 Å². The quantitative estimate of drug-likeness (QED) is 0.592. The van der Waals surface area contributed by atoms with Gasteiger partial charge in [0.2, 0.25) is 5.91 Å². The third-order valence-electron chi connectivity index (χ3n) is 5.02. The molecule has 162 valence electrons. The van der Waals surface area contributed by atoms with Gasteiger partial charge in [-0.15, -0.1) is 0 Å². The Hall–Kier alpha value is -2.82. The number of nitrogens with zero attached hydrogens (tertiary/aromatic N) is 1. The largest absolute Gasteiger partial charge is 0.483 e. The number of nitrogens with one attached hydrogen (secondary N) is 1. The normalized spacial score (nSPS) is 11.8. The lowest BCUT2D eigenvalue weighted by Gasteiger charge is -2.30. The summed E-state index contributed by atoms with van der Waals surface area (Å²) in [7, 11) is 0. The molecule has 0 heterocycles. The Bertz CT molecular complexity index is 805. The minimum Gasteiger partial charge on any atom is -0.483 e. The van der Waals surface area contributed by atoms with Crippen LogP contribution in [0, 0.1) is 0 Å². The van der Waals surface area contributed by atoms with Gasteiger partial charge >= 0.3 is 0 Å². The zero-order valence-electron chi connectivity index (χ0n) is 18.6. The number of para-hydroxylation sites is 1. The van der Waals surface area contributed by atoms with Crippen LogP contribution in [-0.4, -0.2) is 35.9 Å². The first-order valence-corrected chi connectivity index (χ1v) is 10.8. The summed E-state index contributed by atoms with van der Waals surface area (Å²) in [6, 6.07) is 17.0. The fraction of sp³-hybridized carbons (Fsp3) is 0.440. The SMILES string of the molecule is CCCNC(=O)C(CC)N(Cc1ccccc1)C(=O)COc1ccccc1C(C)C. The maximum absolute atomic E-state index is 13.2. The Balaban J connectivity index is 2.20. The molecule has 2 aromatic carbocycles. The van der Waals surface area contributed by atoms with Crippen LogP contribution in [0.3, 0.4) is 0 Å². The number of amides is 2. The van der Waals surface area contributed by atoms with Gasteiger partial charge in [0.1, 0.15) is 11.8 Å².